The summed E-state index contributed by atoms with van der Waals surface area (Å²) in [5.41, 5.74) is 2.66. The second-order valence-corrected chi connectivity index (χ2v) is 6.53. The number of nitrogens with zero attached hydrogens (tertiary/aromatic N) is 4. The van der Waals surface area contributed by atoms with E-state index in [0.717, 1.165) is 36.1 Å². The van der Waals surface area contributed by atoms with Gasteiger partial charge in [-0.3, -0.25) is 9.78 Å². The number of fused-ring (bicyclic) bond motifs is 1. The lowest BCUT2D eigenvalue weighted by atomic mass is 10.1. The average molecular weight is 352 g/mol. The van der Waals surface area contributed by atoms with Gasteiger partial charge in [0.25, 0.3) is 11.6 Å². The van der Waals surface area contributed by atoms with Gasteiger partial charge in [-0.1, -0.05) is 11.2 Å². The molecule has 1 saturated heterocycles. The Morgan fingerprint density at radius 2 is 2.31 bits per heavy atom. The summed E-state index contributed by atoms with van der Waals surface area (Å²) in [6, 6.07) is 5.63. The third-order valence-corrected chi connectivity index (χ3v) is 4.59. The zero-order chi connectivity index (χ0) is 17.9. The number of hydrogen-bond acceptors (Lipinski definition) is 6. The van der Waals surface area contributed by atoms with Crippen molar-refractivity contribution >= 4 is 17.0 Å². The van der Waals surface area contributed by atoms with Gasteiger partial charge >= 0.3 is 0 Å². The molecule has 0 spiro atoms. The van der Waals surface area contributed by atoms with Crippen molar-refractivity contribution in [3.05, 3.63) is 53.6 Å². The van der Waals surface area contributed by atoms with Gasteiger partial charge in [0.1, 0.15) is 0 Å². The van der Waals surface area contributed by atoms with E-state index >= 15 is 0 Å². The molecule has 7 heteroatoms. The molecular formula is C19H20N4O3. The number of pyridine rings is 2. The molecular weight excluding hydrogens is 332 g/mol. The van der Waals surface area contributed by atoms with Gasteiger partial charge in [-0.05, 0) is 37.5 Å². The van der Waals surface area contributed by atoms with Crippen molar-refractivity contribution in [1.29, 1.82) is 0 Å². The van der Waals surface area contributed by atoms with Crippen molar-refractivity contribution in [3.63, 3.8) is 0 Å². The number of aryl methyl sites for hydroxylation is 1. The molecule has 26 heavy (non-hydrogen) atoms. The van der Waals surface area contributed by atoms with Crippen molar-refractivity contribution < 1.29 is 14.1 Å². The Kier molecular flexibility index (Phi) is 4.62. The third kappa shape index (κ3) is 3.43. The van der Waals surface area contributed by atoms with Gasteiger partial charge < -0.3 is 14.2 Å². The van der Waals surface area contributed by atoms with Gasteiger partial charge in [-0.15, -0.1) is 0 Å². The summed E-state index contributed by atoms with van der Waals surface area (Å²) >= 11 is 0. The van der Waals surface area contributed by atoms with Gasteiger partial charge in [0.2, 0.25) is 0 Å². The second kappa shape index (κ2) is 7.21. The van der Waals surface area contributed by atoms with Crippen LogP contribution in [0.3, 0.4) is 0 Å². The first-order chi connectivity index (χ1) is 12.7. The van der Waals surface area contributed by atoms with Crippen LogP contribution in [0.25, 0.3) is 11.1 Å². The van der Waals surface area contributed by atoms with Crippen LogP contribution in [0.15, 0.2) is 41.3 Å². The molecule has 0 bridgehead atoms. The lowest BCUT2D eigenvalue weighted by Gasteiger charge is -2.25. The normalized spacial score (nSPS) is 16.9. The number of hydrogen-bond donors (Lipinski definition) is 0. The maximum absolute atomic E-state index is 13.2. The van der Waals surface area contributed by atoms with Crippen LogP contribution in [-0.2, 0) is 11.3 Å². The monoisotopic (exact) mass is 352 g/mol. The van der Waals surface area contributed by atoms with Crippen molar-refractivity contribution in [3.8, 4) is 0 Å². The van der Waals surface area contributed by atoms with Crippen LogP contribution in [0.5, 0.6) is 0 Å². The average Bonchev–Trinajstić information content (AvgIpc) is 3.31. The molecule has 4 rings (SSSR count). The van der Waals surface area contributed by atoms with Crippen molar-refractivity contribution in [2.24, 2.45) is 0 Å². The van der Waals surface area contributed by atoms with E-state index < -0.39 is 0 Å². The summed E-state index contributed by atoms with van der Waals surface area (Å²) in [4.78, 5) is 23.3. The van der Waals surface area contributed by atoms with Crippen LogP contribution >= 0.6 is 0 Å². The van der Waals surface area contributed by atoms with E-state index in [4.69, 9.17) is 9.26 Å². The fourth-order valence-corrected chi connectivity index (χ4v) is 3.21. The molecule has 1 aliphatic heterocycles. The number of amides is 1. The molecule has 0 saturated carbocycles. The van der Waals surface area contributed by atoms with E-state index in [9.17, 15) is 4.79 Å². The van der Waals surface area contributed by atoms with Gasteiger partial charge in [0.15, 0.2) is 0 Å². The number of rotatable bonds is 5. The number of carbonyl (C=O) groups is 1. The standard InChI is InChI=1S/C19H20N4O3/c1-13-17-8-15(10-21-18(17)26-22-13)19(24)23(12-16-5-3-7-25-16)11-14-4-2-6-20-9-14/h2,4,6,8-10,16H,3,5,7,11-12H2,1H3. The van der Waals surface area contributed by atoms with Crippen LogP contribution in [0.2, 0.25) is 0 Å². The molecule has 3 aromatic rings. The van der Waals surface area contributed by atoms with Crippen LogP contribution < -0.4 is 0 Å². The Morgan fingerprint density at radius 1 is 1.38 bits per heavy atom. The lowest BCUT2D eigenvalue weighted by molar-refractivity contribution is 0.0507. The molecule has 1 amide bonds. The highest BCUT2D eigenvalue weighted by Gasteiger charge is 2.24. The number of carbonyl (C=O) groups excluding carboxylic acids is 1. The Hall–Kier alpha value is -2.80. The minimum Gasteiger partial charge on any atom is -0.376 e. The minimum atomic E-state index is -0.0839. The Bertz CT molecular complexity index is 904. The zero-order valence-electron chi connectivity index (χ0n) is 14.6. The first kappa shape index (κ1) is 16.7. The first-order valence-electron chi connectivity index (χ1n) is 8.72. The van der Waals surface area contributed by atoms with E-state index in [1.54, 1.807) is 29.6 Å². The van der Waals surface area contributed by atoms with Gasteiger partial charge in [-0.25, -0.2) is 4.98 Å². The molecule has 7 nitrogen and oxygen atoms in total. The topological polar surface area (TPSA) is 81.4 Å². The maximum atomic E-state index is 13.2. The Balaban J connectivity index is 1.61. The molecule has 0 N–H and O–H groups in total. The Morgan fingerprint density at radius 3 is 3.08 bits per heavy atom. The predicted molar refractivity (Wildman–Crippen MR) is 94.5 cm³/mol. The van der Waals surface area contributed by atoms with Gasteiger partial charge in [-0.2, -0.15) is 0 Å². The van der Waals surface area contributed by atoms with E-state index in [2.05, 4.69) is 15.1 Å². The maximum Gasteiger partial charge on any atom is 0.257 e. The summed E-state index contributed by atoms with van der Waals surface area (Å²) in [5, 5.41) is 4.66. The quantitative estimate of drug-likeness (QED) is 0.702. The Labute approximate surface area is 151 Å². The van der Waals surface area contributed by atoms with E-state index in [-0.39, 0.29) is 12.0 Å². The summed E-state index contributed by atoms with van der Waals surface area (Å²) in [7, 11) is 0. The molecule has 1 fully saturated rings. The smallest absolute Gasteiger partial charge is 0.257 e. The lowest BCUT2D eigenvalue weighted by Crippen LogP contribution is -2.37. The molecule has 1 unspecified atom stereocenters. The van der Waals surface area contributed by atoms with E-state index in [0.29, 0.717) is 24.4 Å². The highest BCUT2D eigenvalue weighted by Crippen LogP contribution is 2.20. The van der Waals surface area contributed by atoms with Crippen molar-refractivity contribution in [2.45, 2.75) is 32.4 Å². The molecule has 1 atom stereocenters. The van der Waals surface area contributed by atoms with Crippen LogP contribution in [0.1, 0.15) is 34.5 Å². The zero-order valence-corrected chi connectivity index (χ0v) is 14.6. The molecule has 134 valence electrons. The molecule has 4 heterocycles. The number of aromatic nitrogens is 3. The minimum absolute atomic E-state index is 0.0737. The van der Waals surface area contributed by atoms with Crippen LogP contribution in [0.4, 0.5) is 0 Å². The number of ether oxygens (including phenoxy) is 1. The van der Waals surface area contributed by atoms with Crippen molar-refractivity contribution in [1.82, 2.24) is 20.0 Å². The molecule has 0 aliphatic carbocycles. The van der Waals surface area contributed by atoms with Crippen LogP contribution in [0, 0.1) is 6.92 Å². The van der Waals surface area contributed by atoms with Crippen LogP contribution in [-0.4, -0.2) is 45.2 Å². The highest BCUT2D eigenvalue weighted by atomic mass is 16.5. The molecule has 0 radical (unpaired) electrons. The summed E-state index contributed by atoms with van der Waals surface area (Å²) in [5.74, 6) is -0.0839. The summed E-state index contributed by atoms with van der Waals surface area (Å²) < 4.78 is 10.9. The molecule has 1 aliphatic rings. The largest absolute Gasteiger partial charge is 0.376 e. The van der Waals surface area contributed by atoms with Gasteiger partial charge in [0.05, 0.1) is 22.7 Å². The summed E-state index contributed by atoms with van der Waals surface area (Å²) in [6.45, 7) is 3.62. The summed E-state index contributed by atoms with van der Waals surface area (Å²) in [6.07, 6.45) is 7.13. The molecule has 3 aromatic heterocycles. The molecule has 0 aromatic carbocycles. The van der Waals surface area contributed by atoms with Gasteiger partial charge in [0, 0.05) is 38.3 Å². The fourth-order valence-electron chi connectivity index (χ4n) is 3.21. The third-order valence-electron chi connectivity index (χ3n) is 4.59. The van der Waals surface area contributed by atoms with Crippen molar-refractivity contribution in [2.75, 3.05) is 13.2 Å². The first-order valence-corrected chi connectivity index (χ1v) is 8.72. The second-order valence-electron chi connectivity index (χ2n) is 6.53. The highest BCUT2D eigenvalue weighted by molar-refractivity contribution is 5.97. The predicted octanol–water partition coefficient (Wildman–Crippen LogP) is 2.75. The van der Waals surface area contributed by atoms with E-state index in [1.165, 1.54) is 0 Å². The van der Waals surface area contributed by atoms with E-state index in [1.807, 2.05) is 19.1 Å². The fraction of sp³-hybridized carbons (Fsp3) is 0.368. The SMILES string of the molecule is Cc1noc2ncc(C(=O)N(Cc3cccnc3)CC3CCCO3)cc12.